The Morgan fingerprint density at radius 1 is 0.969 bits per heavy atom. The molecule has 1 aliphatic carbocycles. The first kappa shape index (κ1) is 20.9. The predicted molar refractivity (Wildman–Crippen MR) is 135 cm³/mol. The molecule has 0 atom stereocenters. The number of nitrogens with zero attached hydrogens (tertiary/aromatic N) is 1. The van der Waals surface area contributed by atoms with Crippen molar-refractivity contribution in [1.82, 2.24) is 0 Å². The standard InChI is InChI=1S/C28H28N2OS/c1-4-30-23-11-7-8-12-24(23)32-26(30)18-16-20-14-13-19(27(20)31)15-17-25-28(2,3)21-9-5-6-10-22(21)29-25/h5-12,15-18,29H,4,13-14H2,1-3H3/b19-15+,20-16-,25-17+,26-18+. The SMILES string of the molecule is CCN1/C(=C\C=C2\CC/C(=C\C=C3\Nc4ccccc4C3(C)C)C2=O)Sc2ccccc21. The van der Waals surface area contributed by atoms with Gasteiger partial charge in [0.25, 0.3) is 0 Å². The molecular formula is C28H28N2OS. The van der Waals surface area contributed by atoms with E-state index in [0.29, 0.717) is 0 Å². The maximum absolute atomic E-state index is 13.0. The highest BCUT2D eigenvalue weighted by molar-refractivity contribution is 8.03. The van der Waals surface area contributed by atoms with E-state index in [9.17, 15) is 4.79 Å². The molecular weight excluding hydrogens is 412 g/mol. The summed E-state index contributed by atoms with van der Waals surface area (Å²) >= 11 is 1.77. The topological polar surface area (TPSA) is 32.3 Å². The maximum Gasteiger partial charge on any atom is 0.185 e. The molecule has 0 radical (unpaired) electrons. The van der Waals surface area contributed by atoms with Crippen LogP contribution in [0.1, 0.15) is 39.2 Å². The summed E-state index contributed by atoms with van der Waals surface area (Å²) in [4.78, 5) is 16.6. The Labute approximate surface area is 194 Å². The highest BCUT2D eigenvalue weighted by Gasteiger charge is 2.34. The van der Waals surface area contributed by atoms with Crippen molar-refractivity contribution in [2.75, 3.05) is 16.8 Å². The zero-order valence-electron chi connectivity index (χ0n) is 18.8. The average molecular weight is 441 g/mol. The first-order valence-electron chi connectivity index (χ1n) is 11.3. The lowest BCUT2D eigenvalue weighted by Gasteiger charge is -2.20. The highest BCUT2D eigenvalue weighted by Crippen LogP contribution is 2.46. The van der Waals surface area contributed by atoms with E-state index in [1.54, 1.807) is 11.8 Å². The van der Waals surface area contributed by atoms with Crippen molar-refractivity contribution < 1.29 is 4.79 Å². The van der Waals surface area contributed by atoms with E-state index < -0.39 is 0 Å². The molecule has 1 fully saturated rings. The Morgan fingerprint density at radius 3 is 2.41 bits per heavy atom. The van der Waals surface area contributed by atoms with Crippen LogP contribution in [-0.4, -0.2) is 12.3 Å². The Hall–Kier alpha value is -2.98. The number of allylic oxidation sites excluding steroid dienone is 7. The van der Waals surface area contributed by atoms with Crippen molar-refractivity contribution in [3.05, 3.63) is 100 Å². The highest BCUT2D eigenvalue weighted by atomic mass is 32.2. The number of hydrogen-bond acceptors (Lipinski definition) is 4. The van der Waals surface area contributed by atoms with E-state index in [4.69, 9.17) is 0 Å². The number of ketones is 1. The summed E-state index contributed by atoms with van der Waals surface area (Å²) in [7, 11) is 0. The van der Waals surface area contributed by atoms with Gasteiger partial charge < -0.3 is 10.2 Å². The van der Waals surface area contributed by atoms with Gasteiger partial charge in [0.1, 0.15) is 0 Å². The monoisotopic (exact) mass is 440 g/mol. The van der Waals surface area contributed by atoms with Crippen LogP contribution in [0.5, 0.6) is 0 Å². The van der Waals surface area contributed by atoms with Gasteiger partial charge in [0.05, 0.1) is 10.7 Å². The number of fused-ring (bicyclic) bond motifs is 2. The third-order valence-corrected chi connectivity index (χ3v) is 7.75. The molecule has 3 aliphatic rings. The van der Waals surface area contributed by atoms with Crippen molar-refractivity contribution in [3.63, 3.8) is 0 Å². The lowest BCUT2D eigenvalue weighted by atomic mass is 9.84. The Balaban J connectivity index is 1.35. The number of thioether (sulfide) groups is 1. The van der Waals surface area contributed by atoms with Gasteiger partial charge in [-0.1, -0.05) is 68.1 Å². The largest absolute Gasteiger partial charge is 0.358 e. The van der Waals surface area contributed by atoms with Gasteiger partial charge in [-0.3, -0.25) is 4.79 Å². The molecule has 1 N–H and O–H groups in total. The fourth-order valence-electron chi connectivity index (χ4n) is 4.71. The Kier molecular flexibility index (Phi) is 5.34. The molecule has 2 aromatic carbocycles. The minimum atomic E-state index is -0.0866. The van der Waals surface area contributed by atoms with Crippen molar-refractivity contribution in [3.8, 4) is 0 Å². The van der Waals surface area contributed by atoms with Crippen molar-refractivity contribution in [2.45, 2.75) is 43.9 Å². The lowest BCUT2D eigenvalue weighted by Crippen LogP contribution is -2.17. The molecule has 0 aromatic heterocycles. The van der Waals surface area contributed by atoms with Gasteiger partial charge in [-0.25, -0.2) is 0 Å². The summed E-state index contributed by atoms with van der Waals surface area (Å²) in [5.74, 6) is 0.176. The molecule has 32 heavy (non-hydrogen) atoms. The van der Waals surface area contributed by atoms with E-state index in [0.717, 1.165) is 41.9 Å². The minimum absolute atomic E-state index is 0.0866. The summed E-state index contributed by atoms with van der Waals surface area (Å²) in [5, 5.41) is 4.71. The van der Waals surface area contributed by atoms with Crippen LogP contribution in [0.25, 0.3) is 0 Å². The van der Waals surface area contributed by atoms with E-state index >= 15 is 0 Å². The van der Waals surface area contributed by atoms with Crippen LogP contribution < -0.4 is 10.2 Å². The molecule has 0 unspecified atom stereocenters. The van der Waals surface area contributed by atoms with Gasteiger partial charge in [0.15, 0.2) is 5.78 Å². The van der Waals surface area contributed by atoms with Gasteiger partial charge in [-0.05, 0) is 55.7 Å². The number of nitrogens with one attached hydrogen (secondary N) is 1. The fourth-order valence-corrected chi connectivity index (χ4v) is 5.84. The Bertz CT molecular complexity index is 1220. The Morgan fingerprint density at radius 2 is 1.66 bits per heavy atom. The van der Waals surface area contributed by atoms with E-state index in [2.05, 4.69) is 91.7 Å². The van der Waals surface area contributed by atoms with Gasteiger partial charge in [-0.2, -0.15) is 0 Å². The number of Topliss-reactive ketones (excluding diaryl/α,β-unsaturated/α-hetero) is 1. The maximum atomic E-state index is 13.0. The summed E-state index contributed by atoms with van der Waals surface area (Å²) in [6.45, 7) is 7.52. The third kappa shape index (κ3) is 3.53. The molecule has 2 heterocycles. The van der Waals surface area contributed by atoms with Crippen molar-refractivity contribution in [1.29, 1.82) is 0 Å². The second-order valence-corrected chi connectivity index (χ2v) is 9.97. The zero-order valence-corrected chi connectivity index (χ0v) is 19.6. The van der Waals surface area contributed by atoms with Crippen molar-refractivity contribution in [2.24, 2.45) is 0 Å². The fraction of sp³-hybridized carbons (Fsp3) is 0.250. The second kappa shape index (κ2) is 8.18. The summed E-state index contributed by atoms with van der Waals surface area (Å²) in [5.41, 5.74) is 6.55. The summed E-state index contributed by atoms with van der Waals surface area (Å²) < 4.78 is 0. The van der Waals surface area contributed by atoms with Crippen LogP contribution in [0, 0.1) is 0 Å². The van der Waals surface area contributed by atoms with Crippen LogP contribution in [0.2, 0.25) is 0 Å². The van der Waals surface area contributed by atoms with E-state index in [1.165, 1.54) is 21.2 Å². The normalized spacial score (nSPS) is 24.0. The number of benzene rings is 2. The second-order valence-electron chi connectivity index (χ2n) is 8.91. The van der Waals surface area contributed by atoms with E-state index in [1.807, 2.05) is 12.2 Å². The molecule has 0 spiro atoms. The zero-order chi connectivity index (χ0) is 22.3. The molecule has 1 saturated carbocycles. The molecule has 2 aliphatic heterocycles. The van der Waals surface area contributed by atoms with Crippen LogP contribution in [-0.2, 0) is 10.2 Å². The third-order valence-electron chi connectivity index (χ3n) is 6.62. The molecule has 0 amide bonds. The molecule has 2 aromatic rings. The molecule has 5 rings (SSSR count). The van der Waals surface area contributed by atoms with E-state index in [-0.39, 0.29) is 11.2 Å². The first-order chi connectivity index (χ1) is 15.5. The van der Waals surface area contributed by atoms with Crippen LogP contribution >= 0.6 is 11.8 Å². The van der Waals surface area contributed by atoms with Crippen LogP contribution in [0.4, 0.5) is 11.4 Å². The van der Waals surface area contributed by atoms with Gasteiger partial charge in [0, 0.05) is 39.4 Å². The number of anilines is 2. The quantitative estimate of drug-likeness (QED) is 0.523. The smallest absolute Gasteiger partial charge is 0.185 e. The lowest BCUT2D eigenvalue weighted by molar-refractivity contribution is -0.111. The molecule has 162 valence electrons. The molecule has 0 bridgehead atoms. The van der Waals surface area contributed by atoms with Gasteiger partial charge in [0.2, 0.25) is 0 Å². The molecule has 0 saturated heterocycles. The van der Waals surface area contributed by atoms with Crippen LogP contribution in [0.15, 0.2) is 99.6 Å². The first-order valence-corrected chi connectivity index (χ1v) is 12.1. The number of para-hydroxylation sites is 2. The number of rotatable bonds is 3. The molecule has 3 nitrogen and oxygen atoms in total. The summed E-state index contributed by atoms with van der Waals surface area (Å²) in [6.07, 6.45) is 9.86. The van der Waals surface area contributed by atoms with Crippen LogP contribution in [0.3, 0.4) is 0 Å². The number of hydrogen-bond donors (Lipinski definition) is 1. The number of carbonyl (C=O) groups is 1. The number of carbonyl (C=O) groups excluding carboxylic acids is 1. The van der Waals surface area contributed by atoms with Gasteiger partial charge >= 0.3 is 0 Å². The average Bonchev–Trinajstić information content (AvgIpc) is 3.42. The molecule has 4 heteroatoms. The predicted octanol–water partition coefficient (Wildman–Crippen LogP) is 6.96. The summed E-state index contributed by atoms with van der Waals surface area (Å²) in [6, 6.07) is 16.9. The minimum Gasteiger partial charge on any atom is -0.358 e. The van der Waals surface area contributed by atoms with Crippen molar-refractivity contribution >= 4 is 28.9 Å². The van der Waals surface area contributed by atoms with Gasteiger partial charge in [-0.15, -0.1) is 0 Å².